The summed E-state index contributed by atoms with van der Waals surface area (Å²) in [6.45, 7) is 0.142. The van der Waals surface area contributed by atoms with E-state index in [4.69, 9.17) is 23.2 Å². The van der Waals surface area contributed by atoms with Crippen molar-refractivity contribution >= 4 is 45.9 Å². The van der Waals surface area contributed by atoms with Gasteiger partial charge < -0.3 is 14.8 Å². The Hall–Kier alpha value is -3.70. The zero-order valence-corrected chi connectivity index (χ0v) is 25.0. The van der Waals surface area contributed by atoms with E-state index in [0.29, 0.717) is 27.7 Å². The van der Waals surface area contributed by atoms with Crippen LogP contribution >= 0.6 is 23.2 Å². The summed E-state index contributed by atoms with van der Waals surface area (Å²) in [6.07, 6.45) is -8.19. The molecule has 13 heteroatoms. The number of rotatable bonds is 9. The van der Waals surface area contributed by atoms with Gasteiger partial charge in [0.15, 0.2) is 0 Å². The largest absolute Gasteiger partial charge is 0.416 e. The van der Waals surface area contributed by atoms with Crippen LogP contribution in [0.1, 0.15) is 45.5 Å². The van der Waals surface area contributed by atoms with E-state index in [9.17, 15) is 35.9 Å². The van der Waals surface area contributed by atoms with E-state index in [0.717, 1.165) is 21.4 Å². The number of likely N-dealkylation sites (N-methyl/N-ethyl adjacent to an activating group) is 1. The maximum absolute atomic E-state index is 13.5. The lowest BCUT2D eigenvalue weighted by Crippen LogP contribution is -2.39. The highest BCUT2D eigenvalue weighted by Crippen LogP contribution is 2.37. The van der Waals surface area contributed by atoms with Gasteiger partial charge in [0.05, 0.1) is 21.2 Å². The van der Waals surface area contributed by atoms with E-state index in [1.807, 2.05) is 42.1 Å². The van der Waals surface area contributed by atoms with Gasteiger partial charge in [-0.05, 0) is 60.4 Å². The van der Waals surface area contributed by atoms with Crippen LogP contribution in [-0.4, -0.2) is 34.4 Å². The number of hydrogen-bond acceptors (Lipinski definition) is 2. The summed E-state index contributed by atoms with van der Waals surface area (Å²) in [6, 6.07) is 12.4. The Kier molecular flexibility index (Phi) is 9.90. The van der Waals surface area contributed by atoms with Gasteiger partial charge in [0.1, 0.15) is 0 Å². The molecule has 0 radical (unpaired) electrons. The van der Waals surface area contributed by atoms with Gasteiger partial charge in [-0.2, -0.15) is 26.3 Å². The van der Waals surface area contributed by atoms with E-state index >= 15 is 0 Å². The van der Waals surface area contributed by atoms with Crippen molar-refractivity contribution in [2.75, 3.05) is 7.05 Å². The van der Waals surface area contributed by atoms with Crippen molar-refractivity contribution in [1.29, 1.82) is 0 Å². The second-order valence-electron chi connectivity index (χ2n) is 10.4. The van der Waals surface area contributed by atoms with Gasteiger partial charge in [0, 0.05) is 55.8 Å². The number of benzene rings is 3. The van der Waals surface area contributed by atoms with Crippen LogP contribution in [0.3, 0.4) is 0 Å². The Balaban J connectivity index is 1.61. The molecule has 0 saturated carbocycles. The molecule has 1 aromatic heterocycles. The molecule has 1 unspecified atom stereocenters. The molecule has 2 amide bonds. The molecule has 0 aliphatic rings. The topological polar surface area (TPSA) is 54.3 Å². The number of aryl methyl sites for hydroxylation is 1. The molecule has 234 valence electrons. The number of alkyl halides is 6. The summed E-state index contributed by atoms with van der Waals surface area (Å²) >= 11 is 12.0. The fraction of sp³-hybridized carbons (Fsp3) is 0.290. The van der Waals surface area contributed by atoms with Crippen LogP contribution in [0.25, 0.3) is 10.9 Å². The molecule has 1 N–H and O–H groups in total. The Labute approximate surface area is 259 Å². The number of nitrogens with zero attached hydrogens (tertiary/aromatic N) is 2. The van der Waals surface area contributed by atoms with Gasteiger partial charge in [-0.25, -0.2) is 0 Å². The number of para-hydroxylation sites is 1. The summed E-state index contributed by atoms with van der Waals surface area (Å²) in [4.78, 5) is 27.4. The minimum Gasteiger partial charge on any atom is -0.352 e. The molecule has 0 fully saturated rings. The third-order valence-electron chi connectivity index (χ3n) is 7.32. The fourth-order valence-electron chi connectivity index (χ4n) is 4.96. The molecule has 0 saturated heterocycles. The standard InChI is InChI=1S/C31H27Cl2F6N3O2/c1-41-17-20(24-5-3-4-6-27(24)41)14-23(8-10-28(43)40-16-18-7-9-25(32)26(33)11-18)42(2)29(44)19-12-21(30(34,35)36)15-22(13-19)31(37,38)39/h3-7,9,11-13,15,17,23H,8,10,14,16H2,1-2H3,(H,40,43). The van der Waals surface area contributed by atoms with E-state index in [1.165, 1.54) is 7.05 Å². The predicted octanol–water partition coefficient (Wildman–Crippen LogP) is 8.30. The molecule has 44 heavy (non-hydrogen) atoms. The van der Waals surface area contributed by atoms with E-state index in [1.54, 1.807) is 18.2 Å². The molecule has 0 spiro atoms. The second-order valence-corrected chi connectivity index (χ2v) is 11.2. The van der Waals surface area contributed by atoms with E-state index in [-0.39, 0.29) is 37.8 Å². The number of amides is 2. The third kappa shape index (κ3) is 7.87. The van der Waals surface area contributed by atoms with Gasteiger partial charge in [-0.3, -0.25) is 9.59 Å². The number of carbonyl (C=O) groups excluding carboxylic acids is 2. The molecule has 5 nitrogen and oxygen atoms in total. The number of nitrogens with one attached hydrogen (secondary N) is 1. The summed E-state index contributed by atoms with van der Waals surface area (Å²) in [5.41, 5.74) is -1.56. The van der Waals surface area contributed by atoms with Crippen molar-refractivity contribution in [2.45, 2.75) is 44.2 Å². The maximum Gasteiger partial charge on any atom is 0.416 e. The second kappa shape index (κ2) is 13.1. The van der Waals surface area contributed by atoms with Crippen molar-refractivity contribution in [3.8, 4) is 0 Å². The molecule has 0 aliphatic heterocycles. The number of carbonyl (C=O) groups is 2. The highest BCUT2D eigenvalue weighted by molar-refractivity contribution is 6.42. The first-order chi connectivity index (χ1) is 20.5. The molecular weight excluding hydrogens is 631 g/mol. The van der Waals surface area contributed by atoms with Gasteiger partial charge >= 0.3 is 12.4 Å². The van der Waals surface area contributed by atoms with Crippen molar-refractivity contribution in [3.05, 3.63) is 105 Å². The molecule has 0 aliphatic carbocycles. The van der Waals surface area contributed by atoms with Gasteiger partial charge in [-0.1, -0.05) is 47.5 Å². The van der Waals surface area contributed by atoms with Crippen LogP contribution in [0, 0.1) is 0 Å². The quantitative estimate of drug-likeness (QED) is 0.184. The lowest BCUT2D eigenvalue weighted by atomic mass is 9.98. The zero-order valence-electron chi connectivity index (χ0n) is 23.5. The number of aromatic nitrogens is 1. The molecule has 1 atom stereocenters. The first-order valence-corrected chi connectivity index (χ1v) is 14.1. The predicted molar refractivity (Wildman–Crippen MR) is 156 cm³/mol. The summed E-state index contributed by atoms with van der Waals surface area (Å²) in [5.74, 6) is -1.42. The van der Waals surface area contributed by atoms with Crippen LogP contribution in [0.2, 0.25) is 10.0 Å². The van der Waals surface area contributed by atoms with Crippen LogP contribution in [0.5, 0.6) is 0 Å². The Morgan fingerprint density at radius 3 is 2.16 bits per heavy atom. The minimum absolute atomic E-state index is 0.0252. The van der Waals surface area contributed by atoms with Gasteiger partial charge in [-0.15, -0.1) is 0 Å². The lowest BCUT2D eigenvalue weighted by Gasteiger charge is -2.29. The minimum atomic E-state index is -5.11. The molecule has 4 rings (SSSR count). The average Bonchev–Trinajstić information content (AvgIpc) is 3.28. The number of fused-ring (bicyclic) bond motifs is 1. The van der Waals surface area contributed by atoms with Gasteiger partial charge in [0.25, 0.3) is 5.91 Å². The van der Waals surface area contributed by atoms with Crippen LogP contribution in [0.4, 0.5) is 26.3 Å². The highest BCUT2D eigenvalue weighted by atomic mass is 35.5. The first kappa shape index (κ1) is 33.2. The van der Waals surface area contributed by atoms with Crippen molar-refractivity contribution in [2.24, 2.45) is 7.05 Å². The molecule has 4 aromatic rings. The third-order valence-corrected chi connectivity index (χ3v) is 8.06. The van der Waals surface area contributed by atoms with Crippen LogP contribution in [0.15, 0.2) is 66.9 Å². The lowest BCUT2D eigenvalue weighted by molar-refractivity contribution is -0.143. The van der Waals surface area contributed by atoms with Crippen molar-refractivity contribution < 1.29 is 35.9 Å². The van der Waals surface area contributed by atoms with Crippen LogP contribution in [-0.2, 0) is 37.2 Å². The number of halogens is 8. The monoisotopic (exact) mass is 657 g/mol. The fourth-order valence-corrected chi connectivity index (χ4v) is 5.28. The van der Waals surface area contributed by atoms with Crippen molar-refractivity contribution in [3.63, 3.8) is 0 Å². The molecule has 0 bridgehead atoms. The maximum atomic E-state index is 13.5. The summed E-state index contributed by atoms with van der Waals surface area (Å²) in [5, 5.41) is 4.28. The Morgan fingerprint density at radius 1 is 0.909 bits per heavy atom. The Bertz CT molecular complexity index is 1650. The first-order valence-electron chi connectivity index (χ1n) is 13.3. The van der Waals surface area contributed by atoms with E-state index in [2.05, 4.69) is 5.32 Å². The molecule has 1 heterocycles. The van der Waals surface area contributed by atoms with Crippen LogP contribution < -0.4 is 5.32 Å². The summed E-state index contributed by atoms with van der Waals surface area (Å²) < 4.78 is 82.8. The average molecular weight is 658 g/mol. The molecular formula is C31H27Cl2F6N3O2. The van der Waals surface area contributed by atoms with Gasteiger partial charge in [0.2, 0.25) is 5.91 Å². The number of hydrogen-bond donors (Lipinski definition) is 1. The smallest absolute Gasteiger partial charge is 0.352 e. The Morgan fingerprint density at radius 2 is 1.55 bits per heavy atom. The SMILES string of the molecule is CN(C(=O)c1cc(C(F)(F)F)cc(C(F)(F)F)c1)C(CCC(=O)NCc1ccc(Cl)c(Cl)c1)Cc1cn(C)c2ccccc12. The normalized spacial score (nSPS) is 12.8. The zero-order chi connectivity index (χ0) is 32.4. The summed E-state index contributed by atoms with van der Waals surface area (Å²) in [7, 11) is 3.13. The van der Waals surface area contributed by atoms with E-state index < -0.39 is 41.0 Å². The molecule has 3 aromatic carbocycles. The highest BCUT2D eigenvalue weighted by Gasteiger charge is 2.38. The van der Waals surface area contributed by atoms with Crippen molar-refractivity contribution in [1.82, 2.24) is 14.8 Å².